The number of nitrogens with zero attached hydrogens (tertiary/aromatic N) is 3. The summed E-state index contributed by atoms with van der Waals surface area (Å²) < 4.78 is 32.4. The highest BCUT2D eigenvalue weighted by Gasteiger charge is 2.29. The van der Waals surface area contributed by atoms with Gasteiger partial charge < -0.3 is 14.7 Å². The highest BCUT2D eigenvalue weighted by Crippen LogP contribution is 2.40. The van der Waals surface area contributed by atoms with Gasteiger partial charge in [-0.15, -0.1) is 0 Å². The summed E-state index contributed by atoms with van der Waals surface area (Å²) in [5.41, 5.74) is 0.607. The van der Waals surface area contributed by atoms with Crippen LogP contribution in [0.2, 0.25) is 0 Å². The molecular formula is C18H22N4O4S. The Labute approximate surface area is 158 Å². The molecule has 9 heteroatoms. The van der Waals surface area contributed by atoms with E-state index >= 15 is 0 Å². The molecule has 2 heterocycles. The zero-order valence-corrected chi connectivity index (χ0v) is 15.9. The molecule has 1 aromatic carbocycles. The summed E-state index contributed by atoms with van der Waals surface area (Å²) in [6.45, 7) is 2.31. The van der Waals surface area contributed by atoms with Crippen LogP contribution in [-0.2, 0) is 10.0 Å². The van der Waals surface area contributed by atoms with Crippen LogP contribution in [0.1, 0.15) is 35.0 Å². The minimum absolute atomic E-state index is 0.170. The van der Waals surface area contributed by atoms with E-state index in [-0.39, 0.29) is 10.6 Å². The van der Waals surface area contributed by atoms with Gasteiger partial charge in [0, 0.05) is 43.9 Å². The molecule has 1 saturated carbocycles. The third-order valence-corrected chi connectivity index (χ3v) is 6.83. The fourth-order valence-corrected chi connectivity index (χ4v) is 4.53. The molecule has 144 valence electrons. The van der Waals surface area contributed by atoms with Gasteiger partial charge in [0.1, 0.15) is 5.76 Å². The average Bonchev–Trinajstić information content (AvgIpc) is 3.39. The molecule has 1 saturated heterocycles. The smallest absolute Gasteiger partial charge is 0.277 e. The number of amides is 1. The van der Waals surface area contributed by atoms with E-state index in [4.69, 9.17) is 4.52 Å². The minimum atomic E-state index is -3.59. The van der Waals surface area contributed by atoms with E-state index in [1.807, 2.05) is 7.05 Å². The van der Waals surface area contributed by atoms with Gasteiger partial charge in [-0.3, -0.25) is 4.79 Å². The Morgan fingerprint density at radius 2 is 1.93 bits per heavy atom. The first-order valence-electron chi connectivity index (χ1n) is 9.00. The number of anilines is 1. The summed E-state index contributed by atoms with van der Waals surface area (Å²) in [5, 5.41) is 6.51. The number of nitrogens with one attached hydrogen (secondary N) is 1. The Kier molecular flexibility index (Phi) is 4.75. The first kappa shape index (κ1) is 18.1. The third kappa shape index (κ3) is 3.90. The highest BCUT2D eigenvalue weighted by molar-refractivity contribution is 7.89. The molecular weight excluding hydrogens is 368 g/mol. The van der Waals surface area contributed by atoms with Crippen molar-refractivity contribution >= 4 is 21.6 Å². The van der Waals surface area contributed by atoms with Crippen LogP contribution in [0, 0.1) is 0 Å². The van der Waals surface area contributed by atoms with E-state index < -0.39 is 15.9 Å². The zero-order valence-electron chi connectivity index (χ0n) is 15.1. The molecule has 1 aliphatic heterocycles. The molecule has 2 aromatic rings. The van der Waals surface area contributed by atoms with Gasteiger partial charge in [0.25, 0.3) is 5.91 Å². The molecule has 8 nitrogen and oxygen atoms in total. The molecule has 1 amide bonds. The number of piperazine rings is 1. The Morgan fingerprint density at radius 1 is 1.19 bits per heavy atom. The van der Waals surface area contributed by atoms with Crippen molar-refractivity contribution in [2.24, 2.45) is 0 Å². The average molecular weight is 390 g/mol. The van der Waals surface area contributed by atoms with Gasteiger partial charge in [-0.2, -0.15) is 4.31 Å². The lowest BCUT2D eigenvalue weighted by Gasteiger charge is -2.31. The molecule has 0 unspecified atom stereocenters. The molecule has 2 fully saturated rings. The molecule has 1 N–H and O–H groups in total. The topological polar surface area (TPSA) is 95.8 Å². The predicted molar refractivity (Wildman–Crippen MR) is 99.1 cm³/mol. The predicted octanol–water partition coefficient (Wildman–Crippen LogP) is 1.74. The third-order valence-electron chi connectivity index (χ3n) is 4.93. The lowest BCUT2D eigenvalue weighted by Crippen LogP contribution is -2.47. The van der Waals surface area contributed by atoms with Crippen LogP contribution in [-0.4, -0.2) is 61.9 Å². The fourth-order valence-electron chi connectivity index (χ4n) is 3.06. The second kappa shape index (κ2) is 7.06. The largest absolute Gasteiger partial charge is 0.360 e. The molecule has 2 aliphatic rings. The lowest BCUT2D eigenvalue weighted by molar-refractivity contribution is 0.101. The van der Waals surface area contributed by atoms with Crippen molar-refractivity contribution in [2.75, 3.05) is 38.5 Å². The molecule has 0 spiro atoms. The van der Waals surface area contributed by atoms with Gasteiger partial charge >= 0.3 is 0 Å². The van der Waals surface area contributed by atoms with Crippen LogP contribution < -0.4 is 5.32 Å². The Morgan fingerprint density at radius 3 is 2.63 bits per heavy atom. The fraction of sp³-hybridized carbons (Fsp3) is 0.444. The number of rotatable bonds is 5. The number of carbonyl (C=O) groups is 1. The van der Waals surface area contributed by atoms with Crippen molar-refractivity contribution in [3.8, 4) is 0 Å². The number of benzene rings is 1. The van der Waals surface area contributed by atoms with Gasteiger partial charge in [-0.25, -0.2) is 8.42 Å². The molecule has 0 atom stereocenters. The lowest BCUT2D eigenvalue weighted by atomic mass is 10.2. The first-order valence-corrected chi connectivity index (χ1v) is 10.4. The Balaban J connectivity index is 1.49. The van der Waals surface area contributed by atoms with Gasteiger partial charge in [0.05, 0.1) is 4.90 Å². The Hall–Kier alpha value is -2.23. The summed E-state index contributed by atoms with van der Waals surface area (Å²) in [6.07, 6.45) is 2.12. The van der Waals surface area contributed by atoms with E-state index in [0.717, 1.165) is 18.6 Å². The van der Waals surface area contributed by atoms with Crippen molar-refractivity contribution in [1.29, 1.82) is 0 Å². The second-order valence-corrected chi connectivity index (χ2v) is 9.02. The summed E-state index contributed by atoms with van der Waals surface area (Å²) in [4.78, 5) is 14.6. The van der Waals surface area contributed by atoms with Crippen molar-refractivity contribution in [3.05, 3.63) is 41.8 Å². The minimum Gasteiger partial charge on any atom is -0.360 e. The molecule has 0 bridgehead atoms. The number of carbonyl (C=O) groups excluding carboxylic acids is 1. The van der Waals surface area contributed by atoms with Crippen molar-refractivity contribution in [3.63, 3.8) is 0 Å². The summed E-state index contributed by atoms with van der Waals surface area (Å²) in [5.74, 6) is 0.683. The van der Waals surface area contributed by atoms with Crippen molar-refractivity contribution in [2.45, 2.75) is 23.7 Å². The molecule has 1 aliphatic carbocycles. The van der Waals surface area contributed by atoms with E-state index in [1.54, 1.807) is 24.3 Å². The van der Waals surface area contributed by atoms with E-state index in [2.05, 4.69) is 15.4 Å². The monoisotopic (exact) mass is 390 g/mol. The summed E-state index contributed by atoms with van der Waals surface area (Å²) >= 11 is 0. The van der Waals surface area contributed by atoms with E-state index in [1.165, 1.54) is 10.4 Å². The summed E-state index contributed by atoms with van der Waals surface area (Å²) in [6, 6.07) is 7.95. The zero-order chi connectivity index (χ0) is 19.0. The number of likely N-dealkylation sites (N-methyl/N-ethyl adjacent to an activating group) is 1. The van der Waals surface area contributed by atoms with E-state index in [9.17, 15) is 13.2 Å². The first-order chi connectivity index (χ1) is 12.9. The van der Waals surface area contributed by atoms with E-state index in [0.29, 0.717) is 37.8 Å². The maximum absolute atomic E-state index is 12.9. The van der Waals surface area contributed by atoms with Crippen LogP contribution >= 0.6 is 0 Å². The van der Waals surface area contributed by atoms with Gasteiger partial charge in [-0.1, -0.05) is 11.2 Å². The summed E-state index contributed by atoms with van der Waals surface area (Å²) in [7, 11) is -1.62. The van der Waals surface area contributed by atoms with Crippen LogP contribution in [0.15, 0.2) is 39.8 Å². The molecule has 1 aromatic heterocycles. The van der Waals surface area contributed by atoms with Crippen molar-refractivity contribution in [1.82, 2.24) is 14.4 Å². The normalized spacial score (nSPS) is 19.1. The number of aromatic nitrogens is 1. The highest BCUT2D eigenvalue weighted by atomic mass is 32.2. The van der Waals surface area contributed by atoms with Gasteiger partial charge in [0.2, 0.25) is 10.0 Å². The maximum atomic E-state index is 12.9. The van der Waals surface area contributed by atoms with Crippen molar-refractivity contribution < 1.29 is 17.7 Å². The number of hydrogen-bond acceptors (Lipinski definition) is 6. The maximum Gasteiger partial charge on any atom is 0.277 e. The standard InChI is InChI=1S/C18H22N4O4S/c1-21-7-9-22(10-8-21)27(24,25)15-4-2-3-14(11-15)19-18(23)16-12-17(26-20-16)13-5-6-13/h2-4,11-13H,5-10H2,1H3,(H,19,23). The van der Waals surface area contributed by atoms with Crippen LogP contribution in [0.3, 0.4) is 0 Å². The van der Waals surface area contributed by atoms with Crippen LogP contribution in [0.5, 0.6) is 0 Å². The van der Waals surface area contributed by atoms with Crippen LogP contribution in [0.25, 0.3) is 0 Å². The second-order valence-electron chi connectivity index (χ2n) is 7.08. The SMILES string of the molecule is CN1CCN(S(=O)(=O)c2cccc(NC(=O)c3cc(C4CC4)on3)c2)CC1. The van der Waals surface area contributed by atoms with Crippen LogP contribution in [0.4, 0.5) is 5.69 Å². The molecule has 0 radical (unpaired) electrons. The number of sulfonamides is 1. The van der Waals surface area contributed by atoms with Gasteiger partial charge in [0.15, 0.2) is 5.69 Å². The molecule has 4 rings (SSSR count). The molecule has 27 heavy (non-hydrogen) atoms. The quantitative estimate of drug-likeness (QED) is 0.835. The van der Waals surface area contributed by atoms with Gasteiger partial charge in [-0.05, 0) is 38.1 Å². The Bertz CT molecular complexity index is 944. The number of hydrogen-bond donors (Lipinski definition) is 1.